The van der Waals surface area contributed by atoms with Crippen LogP contribution in [-0.2, 0) is 29.1 Å². The molecule has 0 spiro atoms. The molecule has 0 radical (unpaired) electrons. The van der Waals surface area contributed by atoms with E-state index in [4.69, 9.17) is 15.5 Å². The molecule has 3 aromatic rings. The lowest BCUT2D eigenvalue weighted by Crippen LogP contribution is -2.26. The molecule has 2 atom stereocenters. The highest BCUT2D eigenvalue weighted by atomic mass is 19.1. The highest BCUT2D eigenvalue weighted by Crippen LogP contribution is 2.36. The minimum absolute atomic E-state index is 0.00916. The first-order valence-electron chi connectivity index (χ1n) is 11.4. The lowest BCUT2D eigenvalue weighted by Gasteiger charge is -2.16. The van der Waals surface area contributed by atoms with Crippen LogP contribution in [0, 0.1) is 12.7 Å². The number of ether oxygens (including phenoxy) is 1. The predicted octanol–water partition coefficient (Wildman–Crippen LogP) is 3.99. The van der Waals surface area contributed by atoms with Crippen LogP contribution in [0.25, 0.3) is 22.3 Å². The SMILES string of the molecule is CCC(C=O)c1cc2n(c(=O)c1COC)Cc1cc3c(CCC(C)N)c(C)c(F)cc3nc1-2. The van der Waals surface area contributed by atoms with Gasteiger partial charge in [0, 0.05) is 41.6 Å². The van der Waals surface area contributed by atoms with Crippen molar-refractivity contribution in [1.29, 1.82) is 0 Å². The third kappa shape index (κ3) is 4.00. The van der Waals surface area contributed by atoms with Crippen molar-refractivity contribution in [2.24, 2.45) is 5.73 Å². The van der Waals surface area contributed by atoms with E-state index in [1.807, 2.05) is 26.0 Å². The average molecular weight is 452 g/mol. The van der Waals surface area contributed by atoms with Crippen molar-refractivity contribution in [3.63, 3.8) is 0 Å². The molecule has 0 amide bonds. The molecule has 7 heteroatoms. The van der Waals surface area contributed by atoms with Gasteiger partial charge in [-0.2, -0.15) is 0 Å². The predicted molar refractivity (Wildman–Crippen MR) is 127 cm³/mol. The summed E-state index contributed by atoms with van der Waals surface area (Å²) in [6.45, 7) is 6.15. The van der Waals surface area contributed by atoms with Crippen molar-refractivity contribution in [3.8, 4) is 11.4 Å². The molecule has 3 heterocycles. The molecule has 1 aliphatic heterocycles. The molecule has 2 N–H and O–H groups in total. The van der Waals surface area contributed by atoms with Crippen LogP contribution in [0.2, 0.25) is 0 Å². The largest absolute Gasteiger partial charge is 0.380 e. The Bertz CT molecular complexity index is 1300. The summed E-state index contributed by atoms with van der Waals surface area (Å²) in [6, 6.07) is 5.38. The molecular formula is C26H30FN3O3. The van der Waals surface area contributed by atoms with E-state index in [0.29, 0.717) is 53.0 Å². The van der Waals surface area contributed by atoms with Gasteiger partial charge in [-0.1, -0.05) is 6.92 Å². The summed E-state index contributed by atoms with van der Waals surface area (Å²) in [5.74, 6) is -0.698. The van der Waals surface area contributed by atoms with Crippen molar-refractivity contribution in [2.75, 3.05) is 7.11 Å². The van der Waals surface area contributed by atoms with Crippen LogP contribution < -0.4 is 11.3 Å². The molecule has 0 saturated heterocycles. The monoisotopic (exact) mass is 451 g/mol. The summed E-state index contributed by atoms with van der Waals surface area (Å²) in [7, 11) is 1.53. The number of nitrogens with zero attached hydrogens (tertiary/aromatic N) is 2. The molecule has 1 aliphatic rings. The summed E-state index contributed by atoms with van der Waals surface area (Å²) in [6.07, 6.45) is 2.85. The number of methoxy groups -OCH3 is 1. The molecule has 0 fully saturated rings. The maximum Gasteiger partial charge on any atom is 0.257 e. The summed E-state index contributed by atoms with van der Waals surface area (Å²) in [5.41, 5.74) is 11.3. The second-order valence-electron chi connectivity index (χ2n) is 8.98. The fourth-order valence-corrected chi connectivity index (χ4v) is 4.77. The Hall–Kier alpha value is -2.90. The fourth-order valence-electron chi connectivity index (χ4n) is 4.77. The fraction of sp³-hybridized carbons (Fsp3) is 0.423. The lowest BCUT2D eigenvalue weighted by atomic mass is 9.93. The highest BCUT2D eigenvalue weighted by Gasteiger charge is 2.28. The van der Waals surface area contributed by atoms with E-state index < -0.39 is 5.92 Å². The Morgan fingerprint density at radius 2 is 2.06 bits per heavy atom. The maximum atomic E-state index is 14.8. The van der Waals surface area contributed by atoms with Gasteiger partial charge in [-0.05, 0) is 61.9 Å². The molecule has 0 aliphatic carbocycles. The van der Waals surface area contributed by atoms with Crippen LogP contribution in [0.1, 0.15) is 60.4 Å². The number of halogens is 1. The van der Waals surface area contributed by atoms with Gasteiger partial charge < -0.3 is 19.8 Å². The minimum atomic E-state index is -0.400. The third-order valence-corrected chi connectivity index (χ3v) is 6.68. The number of aromatic nitrogens is 2. The number of fused-ring (bicyclic) bond motifs is 4. The van der Waals surface area contributed by atoms with E-state index in [1.165, 1.54) is 13.2 Å². The Morgan fingerprint density at radius 3 is 2.70 bits per heavy atom. The van der Waals surface area contributed by atoms with Gasteiger partial charge in [-0.15, -0.1) is 0 Å². The average Bonchev–Trinajstić information content (AvgIpc) is 3.14. The molecule has 2 aromatic heterocycles. The van der Waals surface area contributed by atoms with E-state index in [2.05, 4.69) is 0 Å². The Morgan fingerprint density at radius 1 is 1.30 bits per heavy atom. The standard InChI is InChI=1S/C26H30FN3O3/c1-5-16(12-31)19-9-24-25-17(11-30(24)26(32)21(19)13-33-4)8-20-18(7-6-14(2)28)15(3)22(27)10-23(20)29-25/h8-10,12,14,16H,5-7,11,13,28H2,1-4H3. The van der Waals surface area contributed by atoms with E-state index >= 15 is 0 Å². The van der Waals surface area contributed by atoms with Gasteiger partial charge in [0.1, 0.15) is 12.1 Å². The van der Waals surface area contributed by atoms with E-state index in [1.54, 1.807) is 11.5 Å². The van der Waals surface area contributed by atoms with Gasteiger partial charge in [0.15, 0.2) is 0 Å². The lowest BCUT2D eigenvalue weighted by molar-refractivity contribution is -0.109. The number of carbonyl (C=O) groups excluding carboxylic acids is 1. The smallest absolute Gasteiger partial charge is 0.257 e. The van der Waals surface area contributed by atoms with Gasteiger partial charge >= 0.3 is 0 Å². The van der Waals surface area contributed by atoms with Crippen molar-refractivity contribution in [1.82, 2.24) is 9.55 Å². The zero-order valence-corrected chi connectivity index (χ0v) is 19.6. The third-order valence-electron chi connectivity index (χ3n) is 6.68. The summed E-state index contributed by atoms with van der Waals surface area (Å²) < 4.78 is 21.7. The summed E-state index contributed by atoms with van der Waals surface area (Å²) >= 11 is 0. The van der Waals surface area contributed by atoms with Gasteiger partial charge in [-0.3, -0.25) is 4.79 Å². The topological polar surface area (TPSA) is 87.2 Å². The van der Waals surface area contributed by atoms with E-state index in [-0.39, 0.29) is 24.0 Å². The second-order valence-corrected chi connectivity index (χ2v) is 8.98. The van der Waals surface area contributed by atoms with Crippen LogP contribution in [-0.4, -0.2) is 29.0 Å². The van der Waals surface area contributed by atoms with Crippen LogP contribution >= 0.6 is 0 Å². The molecule has 0 bridgehead atoms. The first-order valence-corrected chi connectivity index (χ1v) is 11.4. The summed E-state index contributed by atoms with van der Waals surface area (Å²) in [4.78, 5) is 29.9. The molecule has 33 heavy (non-hydrogen) atoms. The first-order chi connectivity index (χ1) is 15.8. The first kappa shape index (κ1) is 23.3. The second kappa shape index (κ2) is 9.15. The normalized spacial score (nSPS) is 14.2. The number of aldehydes is 1. The number of pyridine rings is 2. The van der Waals surface area contributed by atoms with Crippen molar-refractivity contribution < 1.29 is 13.9 Å². The molecule has 0 saturated carbocycles. The van der Waals surface area contributed by atoms with Crippen molar-refractivity contribution >= 4 is 17.2 Å². The van der Waals surface area contributed by atoms with Gasteiger partial charge in [0.05, 0.1) is 30.1 Å². The van der Waals surface area contributed by atoms with Gasteiger partial charge in [0.25, 0.3) is 5.56 Å². The van der Waals surface area contributed by atoms with Crippen LogP contribution in [0.3, 0.4) is 0 Å². The molecule has 4 rings (SSSR count). The zero-order chi connectivity index (χ0) is 23.9. The zero-order valence-electron chi connectivity index (χ0n) is 19.6. The van der Waals surface area contributed by atoms with Crippen molar-refractivity contribution in [2.45, 2.75) is 65.1 Å². The van der Waals surface area contributed by atoms with E-state index in [9.17, 15) is 14.0 Å². The molecule has 6 nitrogen and oxygen atoms in total. The maximum absolute atomic E-state index is 14.8. The summed E-state index contributed by atoms with van der Waals surface area (Å²) in [5, 5.41) is 0.894. The van der Waals surface area contributed by atoms with Crippen LogP contribution in [0.4, 0.5) is 4.39 Å². The van der Waals surface area contributed by atoms with E-state index in [0.717, 1.165) is 29.2 Å². The van der Waals surface area contributed by atoms with Crippen molar-refractivity contribution in [3.05, 3.63) is 62.2 Å². The molecule has 1 aromatic carbocycles. The number of aryl methyl sites for hydroxylation is 1. The number of nitrogens with two attached hydrogens (primary N) is 1. The minimum Gasteiger partial charge on any atom is -0.380 e. The molecule has 2 unspecified atom stereocenters. The number of rotatable bonds is 8. The molecular weight excluding hydrogens is 421 g/mol. The number of hydrogen-bond acceptors (Lipinski definition) is 5. The van der Waals surface area contributed by atoms with Gasteiger partial charge in [-0.25, -0.2) is 9.37 Å². The Kier molecular flexibility index (Phi) is 6.45. The molecule has 174 valence electrons. The Balaban J connectivity index is 1.94. The number of benzene rings is 1. The van der Waals surface area contributed by atoms with Crippen LogP contribution in [0.5, 0.6) is 0 Å². The number of hydrogen-bond donors (Lipinski definition) is 1. The quantitative estimate of drug-likeness (QED) is 0.409. The van der Waals surface area contributed by atoms with Gasteiger partial charge in [0.2, 0.25) is 0 Å². The highest BCUT2D eigenvalue weighted by molar-refractivity contribution is 5.88. The Labute approximate surface area is 192 Å². The van der Waals surface area contributed by atoms with Crippen LogP contribution in [0.15, 0.2) is 23.0 Å². The number of carbonyl (C=O) groups is 1.